The zero-order valence-corrected chi connectivity index (χ0v) is 6.06. The molecule has 2 nitrogen and oxygen atoms in total. The van der Waals surface area contributed by atoms with Gasteiger partial charge in [0.2, 0.25) is 0 Å². The molecule has 1 rings (SSSR count). The van der Waals surface area contributed by atoms with Gasteiger partial charge in [-0.25, -0.2) is 0 Å². The maximum absolute atomic E-state index is 10.6. The first-order valence-electron chi connectivity index (χ1n) is 2.13. The molecule has 53 valence electrons. The minimum absolute atomic E-state index is 0.297. The van der Waals surface area contributed by atoms with Crippen LogP contribution < -0.4 is 0 Å². The summed E-state index contributed by atoms with van der Waals surface area (Å²) in [5, 5.41) is 1.79. The molecule has 0 aliphatic heterocycles. The second-order valence-corrected chi connectivity index (χ2v) is 2.87. The van der Waals surface area contributed by atoms with E-state index in [1.165, 1.54) is 11.3 Å². The number of thiophene rings is 1. The molecule has 0 atom stereocenters. The summed E-state index contributed by atoms with van der Waals surface area (Å²) in [5.74, 6) is 0. The molecule has 0 saturated carbocycles. The molecule has 0 aromatic carbocycles. The summed E-state index contributed by atoms with van der Waals surface area (Å²) < 4.78 is 7.97. The Morgan fingerprint density at radius 1 is 1.78 bits per heavy atom. The Morgan fingerprint density at radius 3 is 3.00 bits per heavy atom. The summed E-state index contributed by atoms with van der Waals surface area (Å²) in [4.78, 5) is 11.2. The summed E-state index contributed by atoms with van der Waals surface area (Å²) in [6, 6.07) is 3.44. The van der Waals surface area contributed by atoms with E-state index in [1.807, 2.05) is 0 Å². The van der Waals surface area contributed by atoms with Gasteiger partial charge in [-0.15, -0.1) is 0 Å². The summed E-state index contributed by atoms with van der Waals surface area (Å²) >= 11 is 1.66. The van der Waals surface area contributed by atoms with Crippen molar-refractivity contribution in [2.45, 2.75) is 0 Å². The zero-order chi connectivity index (χ0) is 6.69. The fourth-order valence-electron chi connectivity index (χ4n) is 0.413. The molecule has 1 heterocycles. The Labute approximate surface area is 63.0 Å². The molecule has 0 fully saturated rings. The predicted octanol–water partition coefficient (Wildman–Crippen LogP) is 0.878. The van der Waals surface area contributed by atoms with Crippen LogP contribution in [0.1, 0.15) is 9.67 Å². The van der Waals surface area contributed by atoms with Crippen LogP contribution in [0.3, 0.4) is 0 Å². The van der Waals surface area contributed by atoms with Gasteiger partial charge in [-0.2, -0.15) is 0 Å². The van der Waals surface area contributed by atoms with Crippen molar-refractivity contribution < 1.29 is 24.3 Å². The van der Waals surface area contributed by atoms with Crippen molar-refractivity contribution in [3.63, 3.8) is 0 Å². The first-order valence-corrected chi connectivity index (χ1v) is 3.91. The van der Waals surface area contributed by atoms with E-state index in [4.69, 9.17) is 4.19 Å². The van der Waals surface area contributed by atoms with Crippen LogP contribution in [0.15, 0.2) is 17.5 Å². The van der Waals surface area contributed by atoms with Crippen LogP contribution >= 0.6 is 11.3 Å². The van der Waals surface area contributed by atoms with Gasteiger partial charge in [0.25, 0.3) is 0 Å². The van der Waals surface area contributed by atoms with Crippen LogP contribution in [0, 0.1) is 0 Å². The Kier molecular flexibility index (Phi) is 2.42. The van der Waals surface area contributed by atoms with E-state index in [9.17, 15) is 4.79 Å². The minimum atomic E-state index is -0.297. The Bertz CT molecular complexity index is 195. The second-order valence-electron chi connectivity index (χ2n) is 1.28. The Hall–Kier alpha value is -0.151. The van der Waals surface area contributed by atoms with Gasteiger partial charge in [-0.3, -0.25) is 0 Å². The number of carbonyl (C=O) groups is 1. The zero-order valence-electron chi connectivity index (χ0n) is 4.30. The topological polar surface area (TPSA) is 37.3 Å². The molecule has 4 heteroatoms. The molecule has 0 unspecified atom stereocenters. The van der Waals surface area contributed by atoms with Crippen molar-refractivity contribution in [1.82, 2.24) is 0 Å². The molecule has 0 radical (unpaired) electrons. The molecule has 0 saturated heterocycles. The normalized spacial score (nSPS) is 9.89. The fraction of sp³-hybridized carbons (Fsp3) is 0. The van der Waals surface area contributed by atoms with Crippen molar-refractivity contribution in [1.29, 1.82) is 0 Å². The van der Waals surface area contributed by atoms with Crippen LogP contribution in [0.5, 0.6) is 0 Å². The molecule has 1 N–H and O–H groups in total. The van der Waals surface area contributed by atoms with E-state index in [1.54, 1.807) is 17.5 Å². The average molecular weight is 192 g/mol. The third-order valence-electron chi connectivity index (χ3n) is 0.757. The van der Waals surface area contributed by atoms with Gasteiger partial charge in [0.15, 0.2) is 0 Å². The van der Waals surface area contributed by atoms with E-state index < -0.39 is 0 Å². The Balaban J connectivity index is 2.77. The second kappa shape index (κ2) is 3.13. The fourth-order valence-corrected chi connectivity index (χ4v) is 1.42. The first-order chi connectivity index (χ1) is 4.34. The molecule has 0 aliphatic carbocycles. The van der Waals surface area contributed by atoms with Crippen LogP contribution in [-0.4, -0.2) is 8.87 Å². The quantitative estimate of drug-likeness (QED) is 0.705. The summed E-state index contributed by atoms with van der Waals surface area (Å²) in [5.41, 5.74) is 0. The number of hydrogen-bond acceptors (Lipinski definition) is 3. The van der Waals surface area contributed by atoms with Crippen molar-refractivity contribution in [3.05, 3.63) is 22.4 Å². The molecule has 0 bridgehead atoms. The van der Waals surface area contributed by atoms with Gasteiger partial charge in [0, 0.05) is 0 Å². The van der Waals surface area contributed by atoms with Crippen LogP contribution in [0.2, 0.25) is 0 Å². The Morgan fingerprint density at radius 2 is 2.56 bits per heavy atom. The number of hydrogen-bond donors (Lipinski definition) is 1. The summed E-state index contributed by atoms with van der Waals surface area (Å²) in [6.45, 7) is 0. The van der Waals surface area contributed by atoms with Crippen molar-refractivity contribution >= 4 is 16.0 Å². The number of carbonyl (C=O) groups excluding carboxylic acids is 1. The third-order valence-corrected chi connectivity index (χ3v) is 2.20. The molecule has 0 amide bonds. The molecule has 1 aromatic rings. The standard InChI is InChI=1S/C5H3OS.Cu.H2O/c6-4-5-2-1-3-7-5;;/h1-3H;;1H2/q;+1;/p-1. The van der Waals surface area contributed by atoms with Crippen molar-refractivity contribution in [2.24, 2.45) is 0 Å². The number of rotatable bonds is 2. The third kappa shape index (κ3) is 1.63. The van der Waals surface area contributed by atoms with Crippen LogP contribution in [-0.2, 0) is 15.3 Å². The SMILES string of the molecule is O=[C]([Cu][OH])c1cccs1. The first kappa shape index (κ1) is 6.96. The molecule has 0 spiro atoms. The summed E-state index contributed by atoms with van der Waals surface area (Å²) in [6.07, 6.45) is 0. The van der Waals surface area contributed by atoms with Gasteiger partial charge in [-0.05, 0) is 0 Å². The predicted molar refractivity (Wildman–Crippen MR) is 30.9 cm³/mol. The van der Waals surface area contributed by atoms with Crippen LogP contribution in [0.25, 0.3) is 0 Å². The van der Waals surface area contributed by atoms with Crippen molar-refractivity contribution in [2.75, 3.05) is 0 Å². The molecule has 0 aliphatic rings. The van der Waals surface area contributed by atoms with Crippen LogP contribution in [0.4, 0.5) is 0 Å². The van der Waals surface area contributed by atoms with Gasteiger partial charge in [-0.1, -0.05) is 0 Å². The van der Waals surface area contributed by atoms with E-state index in [2.05, 4.69) is 0 Å². The average Bonchev–Trinajstić information content (AvgIpc) is 2.37. The molecule has 9 heavy (non-hydrogen) atoms. The van der Waals surface area contributed by atoms with E-state index in [0.717, 1.165) is 0 Å². The molecular weight excluding hydrogens is 188 g/mol. The van der Waals surface area contributed by atoms with E-state index in [0.29, 0.717) is 20.2 Å². The van der Waals surface area contributed by atoms with Gasteiger partial charge in [0.05, 0.1) is 0 Å². The monoisotopic (exact) mass is 191 g/mol. The van der Waals surface area contributed by atoms with Crippen molar-refractivity contribution in [3.8, 4) is 0 Å². The van der Waals surface area contributed by atoms with Gasteiger partial charge >= 0.3 is 62.7 Å². The molecule has 1 aromatic heterocycles. The summed E-state index contributed by atoms with van der Waals surface area (Å²) in [7, 11) is 0. The maximum atomic E-state index is 10.6. The van der Waals surface area contributed by atoms with Gasteiger partial charge < -0.3 is 0 Å². The van der Waals surface area contributed by atoms with Gasteiger partial charge in [0.1, 0.15) is 0 Å². The molecular formula is C5H4CuO2S. The van der Waals surface area contributed by atoms with E-state index in [-0.39, 0.29) is 4.68 Å². The van der Waals surface area contributed by atoms with E-state index >= 15 is 0 Å².